The van der Waals surface area contributed by atoms with Gasteiger partial charge >= 0.3 is 0 Å². The molecule has 1 fully saturated rings. The van der Waals surface area contributed by atoms with E-state index in [4.69, 9.17) is 23.2 Å². The second-order valence-electron chi connectivity index (χ2n) is 10.6. The Morgan fingerprint density at radius 3 is 2.66 bits per heavy atom. The number of hydrogen-bond donors (Lipinski definition) is 1. The largest absolute Gasteiger partial charge is 0.340 e. The van der Waals surface area contributed by atoms with Crippen LogP contribution in [0.4, 0.5) is 11.5 Å². The summed E-state index contributed by atoms with van der Waals surface area (Å²) in [6.45, 7) is 4.78. The van der Waals surface area contributed by atoms with E-state index in [1.165, 1.54) is 11.1 Å². The van der Waals surface area contributed by atoms with Crippen LogP contribution in [0.5, 0.6) is 0 Å². The Balaban J connectivity index is 1.06. The Morgan fingerprint density at radius 1 is 0.974 bits per heavy atom. The van der Waals surface area contributed by atoms with Gasteiger partial charge in [-0.15, -0.1) is 0 Å². The number of carbonyl (C=O) groups is 1. The van der Waals surface area contributed by atoms with E-state index < -0.39 is 0 Å². The minimum Gasteiger partial charge on any atom is -0.340 e. The Labute approximate surface area is 234 Å². The van der Waals surface area contributed by atoms with E-state index in [9.17, 15) is 4.79 Å². The van der Waals surface area contributed by atoms with Crippen LogP contribution >= 0.6 is 23.2 Å². The zero-order valence-electron chi connectivity index (χ0n) is 21.4. The second-order valence-corrected chi connectivity index (χ2v) is 11.4. The van der Waals surface area contributed by atoms with Crippen molar-refractivity contribution >= 4 is 46.7 Å². The number of piperidine rings is 1. The summed E-state index contributed by atoms with van der Waals surface area (Å²) in [4.78, 5) is 22.7. The number of rotatable bonds is 6. The Hall–Kier alpha value is -2.86. The van der Waals surface area contributed by atoms with Crippen LogP contribution in [-0.2, 0) is 11.8 Å². The summed E-state index contributed by atoms with van der Waals surface area (Å²) in [5.74, 6) is 0.809. The molecule has 1 aromatic heterocycles. The number of hydrogen-bond acceptors (Lipinski definition) is 4. The predicted molar refractivity (Wildman–Crippen MR) is 156 cm³/mol. The highest BCUT2D eigenvalue weighted by atomic mass is 35.5. The molecule has 5 nitrogen and oxygen atoms in total. The van der Waals surface area contributed by atoms with Crippen LogP contribution in [0.15, 0.2) is 60.8 Å². The number of nitrogens with one attached hydrogen (secondary N) is 1. The molecule has 0 unspecified atom stereocenters. The van der Waals surface area contributed by atoms with Gasteiger partial charge in [-0.1, -0.05) is 59.6 Å². The molecule has 1 aliphatic carbocycles. The number of likely N-dealkylation sites (tertiary alicyclic amines) is 1. The summed E-state index contributed by atoms with van der Waals surface area (Å²) in [6.07, 6.45) is 11.5. The maximum atomic E-state index is 13.5. The van der Waals surface area contributed by atoms with Crippen LogP contribution in [0.2, 0.25) is 10.0 Å². The monoisotopic (exact) mass is 546 g/mol. The zero-order chi connectivity index (χ0) is 26.1. The van der Waals surface area contributed by atoms with E-state index in [0.29, 0.717) is 15.9 Å². The van der Waals surface area contributed by atoms with Crippen molar-refractivity contribution in [3.05, 3.63) is 93.1 Å². The topological polar surface area (TPSA) is 48.5 Å². The van der Waals surface area contributed by atoms with Crippen LogP contribution in [0.3, 0.4) is 0 Å². The number of halogens is 2. The van der Waals surface area contributed by atoms with Crippen molar-refractivity contribution in [3.8, 4) is 0 Å². The summed E-state index contributed by atoms with van der Waals surface area (Å²) in [6, 6.07) is 16.1. The molecule has 1 amide bonds. The fourth-order valence-electron chi connectivity index (χ4n) is 6.23. The van der Waals surface area contributed by atoms with Gasteiger partial charge in [-0.05, 0) is 87.1 Å². The molecule has 3 aromatic rings. The molecule has 0 atom stereocenters. The first-order valence-corrected chi connectivity index (χ1v) is 14.3. The number of carbonyl (C=O) groups excluding carboxylic acids is 1. The van der Waals surface area contributed by atoms with Gasteiger partial charge < -0.3 is 15.1 Å². The highest BCUT2D eigenvalue weighted by Crippen LogP contribution is 2.43. The molecule has 2 aromatic carbocycles. The van der Waals surface area contributed by atoms with Crippen molar-refractivity contribution in [1.82, 2.24) is 14.8 Å². The molecule has 3 aliphatic rings. The number of aromatic nitrogens is 1. The Kier molecular flexibility index (Phi) is 7.17. The van der Waals surface area contributed by atoms with Crippen molar-refractivity contribution in [3.63, 3.8) is 0 Å². The van der Waals surface area contributed by atoms with Gasteiger partial charge in [-0.25, -0.2) is 4.98 Å². The lowest BCUT2D eigenvalue weighted by atomic mass is 9.74. The Bertz CT molecular complexity index is 1380. The van der Waals surface area contributed by atoms with Gasteiger partial charge in [0.2, 0.25) is 0 Å². The highest BCUT2D eigenvalue weighted by molar-refractivity contribution is 6.42. The first-order valence-electron chi connectivity index (χ1n) is 13.5. The number of nitrogens with zero attached hydrogens (tertiary/aromatic N) is 3. The maximum Gasteiger partial charge on any atom is 0.254 e. The van der Waals surface area contributed by atoms with Crippen molar-refractivity contribution < 1.29 is 4.79 Å². The summed E-state index contributed by atoms with van der Waals surface area (Å²) in [5, 5.41) is 4.33. The molecule has 0 bridgehead atoms. The summed E-state index contributed by atoms with van der Waals surface area (Å²) in [7, 11) is 0. The van der Waals surface area contributed by atoms with Gasteiger partial charge in [0, 0.05) is 41.5 Å². The summed E-state index contributed by atoms with van der Waals surface area (Å²) in [5.41, 5.74) is 5.61. The molecule has 0 saturated carbocycles. The van der Waals surface area contributed by atoms with Gasteiger partial charge in [0.15, 0.2) is 0 Å². The molecule has 38 heavy (non-hydrogen) atoms. The Morgan fingerprint density at radius 2 is 1.82 bits per heavy atom. The van der Waals surface area contributed by atoms with Crippen LogP contribution in [-0.4, -0.2) is 53.4 Å². The molecular weight excluding hydrogens is 515 g/mol. The van der Waals surface area contributed by atoms with E-state index in [1.807, 2.05) is 17.0 Å². The van der Waals surface area contributed by atoms with Gasteiger partial charge in [0.05, 0.1) is 10.0 Å². The first kappa shape index (κ1) is 25.4. The van der Waals surface area contributed by atoms with Gasteiger partial charge in [-0.2, -0.15) is 0 Å². The SMILES string of the molecule is O=C1c2ccnc(Nc3ccc(Cl)c(Cl)c3)c2CCCN1CCCN1CCC2(C=Cc3ccccc32)CC1. The summed E-state index contributed by atoms with van der Waals surface area (Å²) >= 11 is 12.3. The average molecular weight is 548 g/mol. The number of amides is 1. The third kappa shape index (κ3) is 4.95. The normalized spacial score (nSPS) is 18.4. The molecule has 7 heteroatoms. The fourth-order valence-corrected chi connectivity index (χ4v) is 6.53. The van der Waals surface area contributed by atoms with Gasteiger partial charge in [-0.3, -0.25) is 4.79 Å². The molecule has 3 heterocycles. The van der Waals surface area contributed by atoms with E-state index in [-0.39, 0.29) is 11.3 Å². The van der Waals surface area contributed by atoms with Crippen LogP contribution in [0.25, 0.3) is 6.08 Å². The summed E-state index contributed by atoms with van der Waals surface area (Å²) < 4.78 is 0. The van der Waals surface area contributed by atoms with Crippen molar-refractivity contribution in [2.24, 2.45) is 0 Å². The number of allylic oxidation sites excluding steroid dienone is 1. The molecule has 0 radical (unpaired) electrons. The number of benzene rings is 2. The fraction of sp³-hybridized carbons (Fsp3) is 0.355. The second kappa shape index (κ2) is 10.7. The van der Waals surface area contributed by atoms with Crippen LogP contribution in [0, 0.1) is 0 Å². The molecule has 6 rings (SSSR count). The van der Waals surface area contributed by atoms with Crippen LogP contribution in [0.1, 0.15) is 52.7 Å². The quantitative estimate of drug-likeness (QED) is 0.362. The molecular formula is C31H32Cl2N4O. The average Bonchev–Trinajstić information content (AvgIpc) is 3.20. The third-order valence-electron chi connectivity index (χ3n) is 8.34. The van der Waals surface area contributed by atoms with Gasteiger partial charge in [0.1, 0.15) is 5.82 Å². The van der Waals surface area contributed by atoms with Crippen LogP contribution < -0.4 is 5.32 Å². The number of anilines is 2. The van der Waals surface area contributed by atoms with E-state index in [2.05, 4.69) is 51.6 Å². The minimum absolute atomic E-state index is 0.0994. The number of fused-ring (bicyclic) bond motifs is 3. The molecule has 1 spiro atoms. The van der Waals surface area contributed by atoms with Crippen molar-refractivity contribution in [1.29, 1.82) is 0 Å². The minimum atomic E-state index is 0.0994. The zero-order valence-corrected chi connectivity index (χ0v) is 22.9. The van der Waals surface area contributed by atoms with E-state index in [1.54, 1.807) is 18.3 Å². The van der Waals surface area contributed by atoms with E-state index in [0.717, 1.165) is 81.6 Å². The lowest BCUT2D eigenvalue weighted by Gasteiger charge is -2.39. The van der Waals surface area contributed by atoms with Gasteiger partial charge in [0.25, 0.3) is 5.91 Å². The molecule has 2 aliphatic heterocycles. The molecule has 1 saturated heterocycles. The molecule has 196 valence electrons. The van der Waals surface area contributed by atoms with E-state index >= 15 is 0 Å². The van der Waals surface area contributed by atoms with Crippen molar-refractivity contribution in [2.45, 2.75) is 37.5 Å². The standard InChI is InChI=1S/C31H32Cl2N4O/c32-27-9-8-23(21-28(27)33)35-29-24-6-3-17-37(30(38)25(24)11-15-34-29)18-4-16-36-19-13-31(14-20-36)12-10-22-5-1-2-7-26(22)31/h1-2,5,7-12,15,21H,3-4,6,13-14,16-20H2,(H,34,35). The maximum absolute atomic E-state index is 13.5. The highest BCUT2D eigenvalue weighted by Gasteiger charge is 2.37. The smallest absolute Gasteiger partial charge is 0.254 e. The number of pyridine rings is 1. The molecule has 1 N–H and O–H groups in total. The van der Waals surface area contributed by atoms with Crippen molar-refractivity contribution in [2.75, 3.05) is 38.0 Å². The lowest BCUT2D eigenvalue weighted by molar-refractivity contribution is 0.0749. The lowest BCUT2D eigenvalue weighted by Crippen LogP contribution is -2.42. The predicted octanol–water partition coefficient (Wildman–Crippen LogP) is 6.97. The first-order chi connectivity index (χ1) is 18.5. The third-order valence-corrected chi connectivity index (χ3v) is 9.08.